The van der Waals surface area contributed by atoms with E-state index in [1.54, 1.807) is 6.07 Å². The first kappa shape index (κ1) is 15.7. The van der Waals surface area contributed by atoms with Crippen LogP contribution >= 0.6 is 34.8 Å². The van der Waals surface area contributed by atoms with Gasteiger partial charge in [-0.15, -0.1) is 0 Å². The highest BCUT2D eigenvalue weighted by Crippen LogP contribution is 2.21. The minimum atomic E-state index is -0.577. The van der Waals surface area contributed by atoms with E-state index in [0.717, 1.165) is 6.54 Å². The summed E-state index contributed by atoms with van der Waals surface area (Å²) in [4.78, 5) is 10.6. The summed E-state index contributed by atoms with van der Waals surface area (Å²) in [5, 5.41) is 0.181. The minimum Gasteiger partial charge on any atom is -0.330 e. The normalized spacial score (nSPS) is 9.31. The number of halogens is 3. The summed E-state index contributed by atoms with van der Waals surface area (Å²) < 4.78 is 0. The van der Waals surface area contributed by atoms with E-state index >= 15 is 0 Å². The van der Waals surface area contributed by atoms with Gasteiger partial charge in [0.05, 0.1) is 10.6 Å². The number of unbranched alkanes of at least 4 members (excludes halogenated alkanes) is 1. The minimum absolute atomic E-state index is 0.275. The standard InChI is InChI=1S/C7H3Cl3O.C4H11N/c8-4-1-2-5(7(10)11)6(9)3-4;1-2-3-4-5/h1-3H;2-5H2,1H3. The maximum absolute atomic E-state index is 10.6. The van der Waals surface area contributed by atoms with Crippen LogP contribution in [0.5, 0.6) is 0 Å². The molecular weight excluding hydrogens is 268 g/mol. The second kappa shape index (κ2) is 8.82. The maximum atomic E-state index is 10.6. The molecule has 0 unspecified atom stereocenters. The summed E-state index contributed by atoms with van der Waals surface area (Å²) >= 11 is 16.4. The highest BCUT2D eigenvalue weighted by atomic mass is 35.5. The molecule has 0 saturated carbocycles. The Labute approximate surface area is 111 Å². The van der Waals surface area contributed by atoms with Gasteiger partial charge >= 0.3 is 0 Å². The Hall–Kier alpha value is -0.280. The van der Waals surface area contributed by atoms with Crippen molar-refractivity contribution in [3.8, 4) is 0 Å². The van der Waals surface area contributed by atoms with Gasteiger partial charge in [-0.3, -0.25) is 4.79 Å². The molecule has 5 heteroatoms. The van der Waals surface area contributed by atoms with Crippen LogP contribution in [0.15, 0.2) is 18.2 Å². The van der Waals surface area contributed by atoms with Gasteiger partial charge in [-0.25, -0.2) is 0 Å². The Morgan fingerprint density at radius 1 is 1.38 bits per heavy atom. The number of carbonyl (C=O) groups is 1. The van der Waals surface area contributed by atoms with Crippen molar-refractivity contribution in [3.63, 3.8) is 0 Å². The summed E-state index contributed by atoms with van der Waals surface area (Å²) in [7, 11) is 0. The zero-order chi connectivity index (χ0) is 12.6. The van der Waals surface area contributed by atoms with Crippen LogP contribution in [-0.4, -0.2) is 11.8 Å². The first-order chi connectivity index (χ1) is 7.52. The molecule has 0 fully saturated rings. The van der Waals surface area contributed by atoms with Crippen molar-refractivity contribution in [3.05, 3.63) is 33.8 Å². The van der Waals surface area contributed by atoms with Gasteiger partial charge in [0.2, 0.25) is 0 Å². The van der Waals surface area contributed by atoms with Crippen molar-refractivity contribution >= 4 is 40.0 Å². The molecule has 0 aromatic heterocycles. The van der Waals surface area contributed by atoms with Gasteiger partial charge in [-0.1, -0.05) is 36.5 Å². The molecule has 1 rings (SSSR count). The summed E-state index contributed by atoms with van der Waals surface area (Å²) in [6.45, 7) is 2.98. The van der Waals surface area contributed by atoms with Crippen LogP contribution in [0.25, 0.3) is 0 Å². The Morgan fingerprint density at radius 3 is 2.31 bits per heavy atom. The number of carbonyl (C=O) groups excluding carboxylic acids is 1. The molecular formula is C11H14Cl3NO. The van der Waals surface area contributed by atoms with Crippen LogP contribution in [0.3, 0.4) is 0 Å². The van der Waals surface area contributed by atoms with Crippen LogP contribution in [-0.2, 0) is 0 Å². The predicted molar refractivity (Wildman–Crippen MR) is 70.6 cm³/mol. The molecule has 0 radical (unpaired) electrons. The molecule has 0 saturated heterocycles. The molecule has 0 atom stereocenters. The average Bonchev–Trinajstić information content (AvgIpc) is 2.19. The summed E-state index contributed by atoms with van der Waals surface area (Å²) in [6, 6.07) is 4.52. The fourth-order valence-corrected chi connectivity index (χ4v) is 1.56. The smallest absolute Gasteiger partial charge is 0.253 e. The van der Waals surface area contributed by atoms with Crippen LogP contribution < -0.4 is 5.73 Å². The zero-order valence-electron chi connectivity index (χ0n) is 8.97. The van der Waals surface area contributed by atoms with Gasteiger partial charge in [0, 0.05) is 5.02 Å². The predicted octanol–water partition coefficient (Wildman–Crippen LogP) is 4.12. The lowest BCUT2D eigenvalue weighted by atomic mass is 10.2. The Kier molecular flexibility index (Phi) is 8.67. The third-order valence-corrected chi connectivity index (χ3v) is 2.45. The SMILES string of the molecule is CCCCN.O=C(Cl)c1ccc(Cl)cc1Cl. The molecule has 0 heterocycles. The van der Waals surface area contributed by atoms with Gasteiger partial charge in [-0.2, -0.15) is 0 Å². The van der Waals surface area contributed by atoms with Crippen molar-refractivity contribution in [1.29, 1.82) is 0 Å². The lowest BCUT2D eigenvalue weighted by Gasteiger charge is -1.96. The Morgan fingerprint density at radius 2 is 2.00 bits per heavy atom. The van der Waals surface area contributed by atoms with Crippen molar-refractivity contribution in [2.24, 2.45) is 5.73 Å². The molecule has 90 valence electrons. The lowest BCUT2D eigenvalue weighted by molar-refractivity contribution is 0.108. The molecule has 0 amide bonds. The van der Waals surface area contributed by atoms with Crippen LogP contribution in [0.1, 0.15) is 30.1 Å². The van der Waals surface area contributed by atoms with Crippen LogP contribution in [0, 0.1) is 0 Å². The monoisotopic (exact) mass is 281 g/mol. The highest BCUT2D eigenvalue weighted by molar-refractivity contribution is 6.68. The van der Waals surface area contributed by atoms with Crippen molar-refractivity contribution in [2.75, 3.05) is 6.54 Å². The van der Waals surface area contributed by atoms with Gasteiger partial charge in [0.15, 0.2) is 0 Å². The van der Waals surface area contributed by atoms with E-state index in [1.807, 2.05) is 0 Å². The fourth-order valence-electron chi connectivity index (χ4n) is 0.853. The maximum Gasteiger partial charge on any atom is 0.253 e. The number of hydrogen-bond donors (Lipinski definition) is 1. The molecule has 0 aliphatic rings. The van der Waals surface area contributed by atoms with Gasteiger partial charge in [0.1, 0.15) is 0 Å². The van der Waals surface area contributed by atoms with E-state index in [4.69, 9.17) is 40.5 Å². The zero-order valence-corrected chi connectivity index (χ0v) is 11.2. The molecule has 0 aliphatic carbocycles. The van der Waals surface area contributed by atoms with E-state index in [0.29, 0.717) is 5.02 Å². The summed E-state index contributed by atoms with van der Waals surface area (Å²) in [6.07, 6.45) is 2.39. The summed E-state index contributed by atoms with van der Waals surface area (Å²) in [5.41, 5.74) is 5.41. The largest absolute Gasteiger partial charge is 0.330 e. The molecule has 1 aromatic rings. The first-order valence-corrected chi connectivity index (χ1v) is 6.01. The topological polar surface area (TPSA) is 43.1 Å². The van der Waals surface area contributed by atoms with E-state index in [-0.39, 0.29) is 10.6 Å². The van der Waals surface area contributed by atoms with Crippen molar-refractivity contribution in [2.45, 2.75) is 19.8 Å². The number of hydrogen-bond acceptors (Lipinski definition) is 2. The lowest BCUT2D eigenvalue weighted by Crippen LogP contribution is -1.95. The van der Waals surface area contributed by atoms with Crippen molar-refractivity contribution < 1.29 is 4.79 Å². The molecule has 0 aliphatic heterocycles. The van der Waals surface area contributed by atoms with Gasteiger partial charge in [-0.05, 0) is 42.8 Å². The van der Waals surface area contributed by atoms with Gasteiger partial charge in [0.25, 0.3) is 5.24 Å². The molecule has 0 bridgehead atoms. The Bertz CT molecular complexity index is 340. The fraction of sp³-hybridized carbons (Fsp3) is 0.364. The molecule has 1 aromatic carbocycles. The third-order valence-electron chi connectivity index (χ3n) is 1.70. The van der Waals surface area contributed by atoms with Crippen molar-refractivity contribution in [1.82, 2.24) is 0 Å². The second-order valence-corrected chi connectivity index (χ2v) is 4.23. The van der Waals surface area contributed by atoms with E-state index in [9.17, 15) is 4.79 Å². The van der Waals surface area contributed by atoms with Crippen LogP contribution in [0.4, 0.5) is 0 Å². The average molecular weight is 283 g/mol. The van der Waals surface area contributed by atoms with Crippen LogP contribution in [0.2, 0.25) is 10.0 Å². The van der Waals surface area contributed by atoms with Gasteiger partial charge < -0.3 is 5.73 Å². The quantitative estimate of drug-likeness (QED) is 0.848. The second-order valence-electron chi connectivity index (χ2n) is 3.04. The van der Waals surface area contributed by atoms with E-state index < -0.39 is 5.24 Å². The number of nitrogens with two attached hydrogens (primary N) is 1. The molecule has 16 heavy (non-hydrogen) atoms. The number of rotatable bonds is 3. The first-order valence-electron chi connectivity index (χ1n) is 4.87. The third kappa shape index (κ3) is 6.33. The Balaban J connectivity index is 0.000000385. The number of benzene rings is 1. The van der Waals surface area contributed by atoms with E-state index in [1.165, 1.54) is 25.0 Å². The molecule has 0 spiro atoms. The van der Waals surface area contributed by atoms with E-state index in [2.05, 4.69) is 6.92 Å². The highest BCUT2D eigenvalue weighted by Gasteiger charge is 2.06. The molecule has 2 N–H and O–H groups in total. The summed E-state index contributed by atoms with van der Waals surface area (Å²) in [5.74, 6) is 0. The molecule has 2 nitrogen and oxygen atoms in total.